The number of ether oxygens (including phenoxy) is 3. The molecule has 0 fully saturated rings. The van der Waals surface area contributed by atoms with Crippen molar-refractivity contribution in [3.63, 3.8) is 0 Å². The Morgan fingerprint density at radius 2 is 1.72 bits per heavy atom. The zero-order chi connectivity index (χ0) is 32.3. The Hall–Kier alpha value is -4.62. The Bertz CT molecular complexity index is 1570. The molecule has 1 heterocycles. The standard InChI is InChI=1S/C29H31F3N2O9/c1-7-16-13-19-22(14-21(16)42-26(36)20(12-15(2)3)33-27(37)43-28(4,5)6)41-25(29(30,31)32)24(23(19)35)40-18-10-8-17(9-11-18)34(38)39/h8-11,13-15,20H,7,12H2,1-6H3,(H,33,37). The van der Waals surface area contributed by atoms with Crippen LogP contribution in [0.4, 0.5) is 23.7 Å². The highest BCUT2D eigenvalue weighted by atomic mass is 19.4. The fraction of sp³-hybridized carbons (Fsp3) is 0.414. The number of alkyl carbamates (subject to hydrolysis) is 1. The van der Waals surface area contributed by atoms with E-state index in [-0.39, 0.29) is 46.9 Å². The Kier molecular flexibility index (Phi) is 9.72. The first kappa shape index (κ1) is 32.9. The van der Waals surface area contributed by atoms with Gasteiger partial charge >= 0.3 is 18.2 Å². The number of nitrogens with one attached hydrogen (secondary N) is 1. The van der Waals surface area contributed by atoms with Crippen molar-refractivity contribution in [2.75, 3.05) is 0 Å². The first-order chi connectivity index (χ1) is 19.9. The number of carbonyl (C=O) groups excluding carboxylic acids is 2. The van der Waals surface area contributed by atoms with Crippen molar-refractivity contribution in [3.8, 4) is 17.2 Å². The molecule has 0 saturated heterocycles. The molecule has 3 rings (SSSR count). The molecule has 1 atom stereocenters. The van der Waals surface area contributed by atoms with Gasteiger partial charge in [0.25, 0.3) is 11.4 Å². The first-order valence-corrected chi connectivity index (χ1v) is 13.2. The van der Waals surface area contributed by atoms with Gasteiger partial charge in [-0.25, -0.2) is 9.59 Å². The molecule has 232 valence electrons. The van der Waals surface area contributed by atoms with E-state index in [1.54, 1.807) is 27.7 Å². The lowest BCUT2D eigenvalue weighted by Crippen LogP contribution is -2.45. The molecule has 0 saturated carbocycles. The number of halogens is 3. The van der Waals surface area contributed by atoms with E-state index in [0.717, 1.165) is 30.3 Å². The predicted octanol–water partition coefficient (Wildman–Crippen LogP) is 6.92. The zero-order valence-corrected chi connectivity index (χ0v) is 24.3. The highest BCUT2D eigenvalue weighted by molar-refractivity contribution is 5.86. The Labute approximate surface area is 244 Å². The van der Waals surface area contributed by atoms with E-state index < -0.39 is 57.3 Å². The van der Waals surface area contributed by atoms with Crippen molar-refractivity contribution in [1.29, 1.82) is 0 Å². The minimum Gasteiger partial charge on any atom is -0.449 e. The normalized spacial score (nSPS) is 12.6. The summed E-state index contributed by atoms with van der Waals surface area (Å²) in [6.45, 7) is 10.2. The largest absolute Gasteiger partial charge is 0.453 e. The van der Waals surface area contributed by atoms with Gasteiger partial charge in [-0.05, 0) is 63.3 Å². The van der Waals surface area contributed by atoms with Crippen LogP contribution in [0.15, 0.2) is 45.6 Å². The topological polar surface area (TPSA) is 147 Å². The Morgan fingerprint density at radius 3 is 2.23 bits per heavy atom. The number of amides is 1. The van der Waals surface area contributed by atoms with Crippen LogP contribution in [0.3, 0.4) is 0 Å². The third-order valence-electron chi connectivity index (χ3n) is 5.83. The molecule has 3 aromatic rings. The number of nitro groups is 1. The van der Waals surface area contributed by atoms with Gasteiger partial charge in [-0.3, -0.25) is 14.9 Å². The van der Waals surface area contributed by atoms with E-state index in [1.807, 2.05) is 13.8 Å². The molecule has 11 nitrogen and oxygen atoms in total. The molecule has 0 aliphatic rings. The summed E-state index contributed by atoms with van der Waals surface area (Å²) in [5.74, 6) is -4.31. The quantitative estimate of drug-likeness (QED) is 0.118. The van der Waals surface area contributed by atoms with Crippen molar-refractivity contribution < 1.29 is 46.3 Å². The lowest BCUT2D eigenvalue weighted by molar-refractivity contribution is -0.384. The van der Waals surface area contributed by atoms with Crippen LogP contribution in [-0.4, -0.2) is 28.6 Å². The maximum absolute atomic E-state index is 14.0. The van der Waals surface area contributed by atoms with Crippen LogP contribution in [0.25, 0.3) is 11.0 Å². The third kappa shape index (κ3) is 8.46. The van der Waals surface area contributed by atoms with Crippen LogP contribution < -0.4 is 20.2 Å². The van der Waals surface area contributed by atoms with Gasteiger partial charge in [-0.1, -0.05) is 20.8 Å². The molecule has 1 aromatic heterocycles. The third-order valence-corrected chi connectivity index (χ3v) is 5.83. The van der Waals surface area contributed by atoms with Crippen LogP contribution in [0, 0.1) is 16.0 Å². The summed E-state index contributed by atoms with van der Waals surface area (Å²) in [6, 6.07) is 5.17. The maximum atomic E-state index is 14.0. The summed E-state index contributed by atoms with van der Waals surface area (Å²) in [7, 11) is 0. The van der Waals surface area contributed by atoms with Crippen LogP contribution in [0.2, 0.25) is 0 Å². The molecule has 1 unspecified atom stereocenters. The monoisotopic (exact) mass is 608 g/mol. The van der Waals surface area contributed by atoms with Crippen molar-refractivity contribution >= 4 is 28.7 Å². The maximum Gasteiger partial charge on any atom is 0.453 e. The summed E-state index contributed by atoms with van der Waals surface area (Å²) in [5.41, 5.74) is -2.58. The number of esters is 1. The molecule has 43 heavy (non-hydrogen) atoms. The van der Waals surface area contributed by atoms with Crippen molar-refractivity contribution in [3.05, 3.63) is 68.1 Å². The number of aryl methyl sites for hydroxylation is 1. The molecule has 0 spiro atoms. The second kappa shape index (κ2) is 12.7. The van der Waals surface area contributed by atoms with Gasteiger partial charge in [-0.2, -0.15) is 13.2 Å². The molecule has 0 radical (unpaired) electrons. The summed E-state index contributed by atoms with van der Waals surface area (Å²) >= 11 is 0. The number of alkyl halides is 3. The number of non-ortho nitro benzene ring substituents is 1. The van der Waals surface area contributed by atoms with E-state index in [0.29, 0.717) is 0 Å². The van der Waals surface area contributed by atoms with Gasteiger partial charge in [0.15, 0.2) is 0 Å². The molecule has 0 aliphatic carbocycles. The fourth-order valence-electron chi connectivity index (χ4n) is 3.97. The number of benzene rings is 2. The van der Waals surface area contributed by atoms with Crippen molar-refractivity contribution in [2.24, 2.45) is 5.92 Å². The van der Waals surface area contributed by atoms with E-state index in [1.165, 1.54) is 6.07 Å². The summed E-state index contributed by atoms with van der Waals surface area (Å²) in [6.07, 6.45) is -5.66. The van der Waals surface area contributed by atoms with Gasteiger partial charge in [0.1, 0.15) is 28.7 Å². The lowest BCUT2D eigenvalue weighted by Gasteiger charge is -2.24. The SMILES string of the molecule is CCc1cc2c(=O)c(Oc3ccc([N+](=O)[O-])cc3)c(C(F)(F)F)oc2cc1OC(=O)C(CC(C)C)NC(=O)OC(C)(C)C. The average Bonchev–Trinajstić information content (AvgIpc) is 2.87. The smallest absolute Gasteiger partial charge is 0.449 e. The summed E-state index contributed by atoms with van der Waals surface area (Å²) in [5, 5.41) is 13.1. The van der Waals surface area contributed by atoms with E-state index in [2.05, 4.69) is 5.32 Å². The van der Waals surface area contributed by atoms with E-state index in [4.69, 9.17) is 18.6 Å². The van der Waals surface area contributed by atoms with Crippen LogP contribution in [0.5, 0.6) is 17.2 Å². The highest BCUT2D eigenvalue weighted by Gasteiger charge is 2.41. The number of hydrogen-bond acceptors (Lipinski definition) is 9. The van der Waals surface area contributed by atoms with Crippen LogP contribution in [0.1, 0.15) is 59.3 Å². The number of nitrogens with zero attached hydrogens (tertiary/aromatic N) is 1. The molecule has 2 aromatic carbocycles. The molecule has 1 amide bonds. The zero-order valence-electron chi connectivity index (χ0n) is 24.3. The van der Waals surface area contributed by atoms with E-state index in [9.17, 15) is 37.7 Å². The number of fused-ring (bicyclic) bond motifs is 1. The minimum absolute atomic E-state index is 0.0590. The molecule has 0 aliphatic heterocycles. The molecule has 14 heteroatoms. The van der Waals surface area contributed by atoms with Crippen LogP contribution >= 0.6 is 0 Å². The molecule has 1 N–H and O–H groups in total. The highest BCUT2D eigenvalue weighted by Crippen LogP contribution is 2.39. The predicted molar refractivity (Wildman–Crippen MR) is 148 cm³/mol. The van der Waals surface area contributed by atoms with Crippen molar-refractivity contribution in [2.45, 2.75) is 72.2 Å². The fourth-order valence-corrected chi connectivity index (χ4v) is 3.97. The Morgan fingerprint density at radius 1 is 1.09 bits per heavy atom. The second-order valence-corrected chi connectivity index (χ2v) is 11.0. The van der Waals surface area contributed by atoms with Gasteiger partial charge in [-0.15, -0.1) is 0 Å². The van der Waals surface area contributed by atoms with Crippen LogP contribution in [-0.2, 0) is 22.1 Å². The number of nitro benzene ring substituents is 1. The lowest BCUT2D eigenvalue weighted by atomic mass is 10.0. The first-order valence-electron chi connectivity index (χ1n) is 13.2. The number of carbonyl (C=O) groups is 2. The minimum atomic E-state index is -5.18. The summed E-state index contributed by atoms with van der Waals surface area (Å²) in [4.78, 5) is 49.0. The molecule has 0 bridgehead atoms. The molecular formula is C29H31F3N2O9. The van der Waals surface area contributed by atoms with Gasteiger partial charge in [0.05, 0.1) is 10.3 Å². The van der Waals surface area contributed by atoms with Crippen molar-refractivity contribution in [1.82, 2.24) is 5.32 Å². The van der Waals surface area contributed by atoms with Gasteiger partial charge in [0.2, 0.25) is 11.2 Å². The number of rotatable bonds is 9. The van der Waals surface area contributed by atoms with E-state index >= 15 is 0 Å². The van der Waals surface area contributed by atoms with Gasteiger partial charge in [0, 0.05) is 18.2 Å². The Balaban J connectivity index is 2.05. The number of hydrogen-bond donors (Lipinski definition) is 1. The summed E-state index contributed by atoms with van der Waals surface area (Å²) < 4.78 is 63.1. The molecular weight excluding hydrogens is 577 g/mol. The second-order valence-electron chi connectivity index (χ2n) is 11.0. The average molecular weight is 609 g/mol. The van der Waals surface area contributed by atoms with Gasteiger partial charge < -0.3 is 23.9 Å².